The molecule has 0 N–H and O–H groups in total. The van der Waals surface area contributed by atoms with Crippen LogP contribution in [-0.4, -0.2) is 51.1 Å². The molecular weight excluding hydrogens is 382 g/mol. The Morgan fingerprint density at radius 2 is 1.62 bits per heavy atom. The molecule has 6 nitrogen and oxygen atoms in total. The van der Waals surface area contributed by atoms with E-state index >= 15 is 0 Å². The maximum atomic E-state index is 5.51. The normalized spacial score (nSPS) is 15.9. The fourth-order valence-corrected chi connectivity index (χ4v) is 4.74. The first-order valence-electron chi connectivity index (χ1n) is 9.92. The third kappa shape index (κ3) is 4.07. The lowest BCUT2D eigenvalue weighted by atomic mass is 10.1. The molecule has 7 heteroatoms. The highest BCUT2D eigenvalue weighted by atomic mass is 32.1. The highest BCUT2D eigenvalue weighted by molar-refractivity contribution is 7.18. The van der Waals surface area contributed by atoms with E-state index in [1.165, 1.54) is 9.71 Å². The molecule has 5 rings (SSSR count). The standard InChI is InChI=1S/C22H23N5OS/c1-16-6-2-3-7-17(16)22-24-20(28-25-22)14-26-10-12-27(13-11-26)15-21-23-18-8-4-5-9-19(18)29-21/h2-9H,10-15H2,1H3. The van der Waals surface area contributed by atoms with Crippen molar-refractivity contribution >= 4 is 21.6 Å². The molecule has 4 aromatic rings. The average Bonchev–Trinajstić information content (AvgIpc) is 3.36. The van der Waals surface area contributed by atoms with Crippen LogP contribution in [0.2, 0.25) is 0 Å². The highest BCUT2D eigenvalue weighted by Crippen LogP contribution is 2.23. The van der Waals surface area contributed by atoms with Gasteiger partial charge in [-0.25, -0.2) is 4.98 Å². The van der Waals surface area contributed by atoms with Crippen molar-refractivity contribution in [2.24, 2.45) is 0 Å². The predicted molar refractivity (Wildman–Crippen MR) is 115 cm³/mol. The zero-order valence-corrected chi connectivity index (χ0v) is 17.2. The maximum Gasteiger partial charge on any atom is 0.241 e. The fourth-order valence-electron chi connectivity index (χ4n) is 3.73. The molecule has 3 heterocycles. The Kier molecular flexibility index (Phi) is 5.10. The molecule has 0 spiro atoms. The van der Waals surface area contributed by atoms with Crippen LogP contribution in [0.25, 0.3) is 21.6 Å². The van der Waals surface area contributed by atoms with Crippen molar-refractivity contribution in [3.05, 3.63) is 65.0 Å². The van der Waals surface area contributed by atoms with Crippen LogP contribution in [0.4, 0.5) is 0 Å². The van der Waals surface area contributed by atoms with Crippen molar-refractivity contribution in [1.82, 2.24) is 24.9 Å². The molecule has 0 amide bonds. The van der Waals surface area contributed by atoms with E-state index in [2.05, 4.69) is 51.1 Å². The van der Waals surface area contributed by atoms with Gasteiger partial charge in [-0.2, -0.15) is 4.98 Å². The lowest BCUT2D eigenvalue weighted by Gasteiger charge is -2.33. The van der Waals surface area contributed by atoms with Gasteiger partial charge in [-0.1, -0.05) is 41.6 Å². The largest absolute Gasteiger partial charge is 0.338 e. The van der Waals surface area contributed by atoms with Gasteiger partial charge in [0.25, 0.3) is 0 Å². The first-order valence-corrected chi connectivity index (χ1v) is 10.7. The summed E-state index contributed by atoms with van der Waals surface area (Å²) in [6.07, 6.45) is 0. The number of rotatable bonds is 5. The Bertz CT molecular complexity index is 1080. The number of para-hydroxylation sites is 1. The van der Waals surface area contributed by atoms with Gasteiger partial charge in [0.2, 0.25) is 11.7 Å². The van der Waals surface area contributed by atoms with E-state index in [-0.39, 0.29) is 0 Å². The zero-order valence-electron chi connectivity index (χ0n) is 16.4. The van der Waals surface area contributed by atoms with Gasteiger partial charge in [0.05, 0.1) is 23.3 Å². The zero-order chi connectivity index (χ0) is 19.6. The lowest BCUT2D eigenvalue weighted by Crippen LogP contribution is -2.45. The number of piperazine rings is 1. The molecule has 29 heavy (non-hydrogen) atoms. The Balaban J connectivity index is 1.17. The first-order chi connectivity index (χ1) is 14.2. The Labute approximate surface area is 173 Å². The van der Waals surface area contributed by atoms with E-state index in [0.29, 0.717) is 18.3 Å². The van der Waals surface area contributed by atoms with Gasteiger partial charge < -0.3 is 4.52 Å². The Hall–Kier alpha value is -2.61. The molecule has 148 valence electrons. The van der Waals surface area contributed by atoms with Crippen LogP contribution in [0.5, 0.6) is 0 Å². The monoisotopic (exact) mass is 405 g/mol. The molecule has 0 saturated carbocycles. The summed E-state index contributed by atoms with van der Waals surface area (Å²) in [6, 6.07) is 16.5. The lowest BCUT2D eigenvalue weighted by molar-refractivity contribution is 0.112. The quantitative estimate of drug-likeness (QED) is 0.501. The summed E-state index contributed by atoms with van der Waals surface area (Å²) in [6.45, 7) is 7.72. The minimum absolute atomic E-state index is 0.674. The van der Waals surface area contributed by atoms with Crippen LogP contribution in [0.1, 0.15) is 16.5 Å². The maximum absolute atomic E-state index is 5.51. The summed E-state index contributed by atoms with van der Waals surface area (Å²) >= 11 is 1.80. The van der Waals surface area contributed by atoms with Crippen LogP contribution in [-0.2, 0) is 13.1 Å². The number of hydrogen-bond acceptors (Lipinski definition) is 7. The van der Waals surface area contributed by atoms with Crippen molar-refractivity contribution in [2.45, 2.75) is 20.0 Å². The molecule has 0 radical (unpaired) electrons. The van der Waals surface area contributed by atoms with E-state index in [4.69, 9.17) is 9.51 Å². The molecule has 1 aliphatic heterocycles. The summed E-state index contributed by atoms with van der Waals surface area (Å²) < 4.78 is 6.77. The van der Waals surface area contributed by atoms with Crippen LogP contribution in [0.15, 0.2) is 53.1 Å². The molecule has 1 aliphatic rings. The van der Waals surface area contributed by atoms with Crippen LogP contribution in [0, 0.1) is 6.92 Å². The third-order valence-electron chi connectivity index (χ3n) is 5.37. The Morgan fingerprint density at radius 3 is 2.41 bits per heavy atom. The smallest absolute Gasteiger partial charge is 0.241 e. The summed E-state index contributed by atoms with van der Waals surface area (Å²) in [4.78, 5) is 14.2. The van der Waals surface area contributed by atoms with Crippen molar-refractivity contribution in [3.8, 4) is 11.4 Å². The molecule has 1 fully saturated rings. The summed E-state index contributed by atoms with van der Waals surface area (Å²) in [5.74, 6) is 1.36. The van der Waals surface area contributed by atoms with E-state index in [0.717, 1.165) is 49.4 Å². The van der Waals surface area contributed by atoms with Gasteiger partial charge in [-0.3, -0.25) is 9.80 Å². The minimum Gasteiger partial charge on any atom is -0.338 e. The van der Waals surface area contributed by atoms with Crippen molar-refractivity contribution in [2.75, 3.05) is 26.2 Å². The van der Waals surface area contributed by atoms with Gasteiger partial charge in [-0.15, -0.1) is 11.3 Å². The fraction of sp³-hybridized carbons (Fsp3) is 0.318. The number of hydrogen-bond donors (Lipinski definition) is 0. The van der Waals surface area contributed by atoms with Gasteiger partial charge >= 0.3 is 0 Å². The summed E-state index contributed by atoms with van der Waals surface area (Å²) in [7, 11) is 0. The predicted octanol–water partition coefficient (Wildman–Crippen LogP) is 3.97. The Morgan fingerprint density at radius 1 is 0.897 bits per heavy atom. The number of fused-ring (bicyclic) bond motifs is 1. The van der Waals surface area contributed by atoms with Crippen molar-refractivity contribution in [3.63, 3.8) is 0 Å². The molecular formula is C22H23N5OS. The van der Waals surface area contributed by atoms with Crippen molar-refractivity contribution < 1.29 is 4.52 Å². The van der Waals surface area contributed by atoms with Gasteiger partial charge in [0.15, 0.2) is 0 Å². The summed E-state index contributed by atoms with van der Waals surface area (Å²) in [5.41, 5.74) is 3.29. The average molecular weight is 406 g/mol. The SMILES string of the molecule is Cc1ccccc1-c1noc(CN2CCN(Cc3nc4ccccc4s3)CC2)n1. The number of thiazole rings is 1. The van der Waals surface area contributed by atoms with Crippen LogP contribution < -0.4 is 0 Å². The van der Waals surface area contributed by atoms with Gasteiger partial charge in [0.1, 0.15) is 5.01 Å². The third-order valence-corrected chi connectivity index (χ3v) is 6.40. The number of aromatic nitrogens is 3. The molecule has 0 bridgehead atoms. The number of nitrogens with zero attached hydrogens (tertiary/aromatic N) is 5. The van der Waals surface area contributed by atoms with E-state index in [1.54, 1.807) is 11.3 Å². The number of aryl methyl sites for hydroxylation is 1. The first kappa shape index (κ1) is 18.4. The van der Waals surface area contributed by atoms with Crippen LogP contribution in [0.3, 0.4) is 0 Å². The highest BCUT2D eigenvalue weighted by Gasteiger charge is 2.20. The second-order valence-corrected chi connectivity index (χ2v) is 8.57. The minimum atomic E-state index is 0.674. The van der Waals surface area contributed by atoms with E-state index in [9.17, 15) is 0 Å². The molecule has 2 aromatic heterocycles. The van der Waals surface area contributed by atoms with E-state index < -0.39 is 0 Å². The van der Waals surface area contributed by atoms with Crippen molar-refractivity contribution in [1.29, 1.82) is 0 Å². The summed E-state index contributed by atoms with van der Waals surface area (Å²) in [5, 5.41) is 5.37. The second kappa shape index (κ2) is 8.02. The second-order valence-electron chi connectivity index (χ2n) is 7.45. The van der Waals surface area contributed by atoms with Crippen LogP contribution >= 0.6 is 11.3 Å². The van der Waals surface area contributed by atoms with Gasteiger partial charge in [-0.05, 0) is 24.6 Å². The topological polar surface area (TPSA) is 58.3 Å². The van der Waals surface area contributed by atoms with Gasteiger partial charge in [0, 0.05) is 31.7 Å². The molecule has 1 saturated heterocycles. The molecule has 0 atom stereocenters. The van der Waals surface area contributed by atoms with E-state index in [1.807, 2.05) is 24.3 Å². The molecule has 2 aromatic carbocycles. The molecule has 0 aliphatic carbocycles. The molecule has 0 unspecified atom stereocenters. The number of benzene rings is 2.